The van der Waals surface area contributed by atoms with Gasteiger partial charge >= 0.3 is 0 Å². The molecule has 3 aliphatic carbocycles. The van der Waals surface area contributed by atoms with Gasteiger partial charge in [-0.2, -0.15) is 0 Å². The molecule has 0 amide bonds. The molecule has 5 rings (SSSR count). The smallest absolute Gasteiger partial charge is 0.115 e. The second-order valence-electron chi connectivity index (χ2n) is 8.33. The quantitative estimate of drug-likeness (QED) is 0.652. The van der Waals surface area contributed by atoms with Crippen LogP contribution in [0.4, 0.5) is 0 Å². The van der Waals surface area contributed by atoms with Gasteiger partial charge < -0.3 is 9.84 Å². The maximum Gasteiger partial charge on any atom is 0.115 e. The molecule has 2 aromatic carbocycles. The van der Waals surface area contributed by atoms with Gasteiger partial charge in [-0.05, 0) is 66.5 Å². The Morgan fingerprint density at radius 3 is 2.66 bits per heavy atom. The van der Waals surface area contributed by atoms with Crippen molar-refractivity contribution in [2.45, 2.75) is 43.6 Å². The van der Waals surface area contributed by atoms with Crippen LogP contribution >= 0.6 is 0 Å². The SMILES string of the molecule is CCOC1C=CC(C2(c3ccc(O)cc3)c3ccccc3C3CCC=CC32)=CC1. The summed E-state index contributed by atoms with van der Waals surface area (Å²) in [5, 5.41) is 9.96. The highest BCUT2D eigenvalue weighted by Crippen LogP contribution is 2.61. The molecule has 148 valence electrons. The molecule has 0 spiro atoms. The zero-order valence-corrected chi connectivity index (χ0v) is 16.9. The van der Waals surface area contributed by atoms with Crippen LogP contribution in [0.3, 0.4) is 0 Å². The highest BCUT2D eigenvalue weighted by Gasteiger charge is 2.53. The van der Waals surface area contributed by atoms with Crippen LogP contribution in [0, 0.1) is 5.92 Å². The number of hydrogen-bond donors (Lipinski definition) is 1. The average Bonchev–Trinajstić information content (AvgIpc) is 3.07. The van der Waals surface area contributed by atoms with E-state index in [0.29, 0.717) is 17.6 Å². The van der Waals surface area contributed by atoms with Crippen molar-refractivity contribution >= 4 is 0 Å². The Bertz CT molecular complexity index is 982. The Morgan fingerprint density at radius 1 is 1.07 bits per heavy atom. The van der Waals surface area contributed by atoms with Crippen molar-refractivity contribution in [2.24, 2.45) is 5.92 Å². The van der Waals surface area contributed by atoms with Gasteiger partial charge in [-0.25, -0.2) is 0 Å². The Morgan fingerprint density at radius 2 is 1.90 bits per heavy atom. The lowest BCUT2D eigenvalue weighted by Crippen LogP contribution is -2.36. The molecule has 0 saturated heterocycles. The normalized spacial score (nSPS) is 30.0. The standard InChI is InChI=1S/C27H28O2/c1-2-29-22-17-13-20(14-18-22)27(19-11-15-21(28)16-12-19)25-9-5-3-7-23(25)24-8-4-6-10-26(24)27/h3,5-7,9-17,22,24,26,28H,2,4,8,18H2,1H3. The summed E-state index contributed by atoms with van der Waals surface area (Å²) in [6, 6.07) is 16.9. The summed E-state index contributed by atoms with van der Waals surface area (Å²) < 4.78 is 5.85. The van der Waals surface area contributed by atoms with E-state index in [4.69, 9.17) is 4.74 Å². The largest absolute Gasteiger partial charge is 0.508 e. The highest BCUT2D eigenvalue weighted by atomic mass is 16.5. The number of fused-ring (bicyclic) bond motifs is 3. The average molecular weight is 385 g/mol. The first-order valence-electron chi connectivity index (χ1n) is 10.8. The number of rotatable bonds is 4. The minimum absolute atomic E-state index is 0.162. The predicted molar refractivity (Wildman–Crippen MR) is 117 cm³/mol. The van der Waals surface area contributed by atoms with Crippen LogP contribution in [0.2, 0.25) is 0 Å². The first-order valence-corrected chi connectivity index (χ1v) is 10.8. The topological polar surface area (TPSA) is 29.5 Å². The summed E-state index contributed by atoms with van der Waals surface area (Å²) in [6.07, 6.45) is 15.1. The summed E-state index contributed by atoms with van der Waals surface area (Å²) in [5.74, 6) is 1.23. The molecular formula is C27H28O2. The molecule has 0 fully saturated rings. The fourth-order valence-electron chi connectivity index (χ4n) is 5.80. The van der Waals surface area contributed by atoms with Crippen LogP contribution in [-0.4, -0.2) is 17.8 Å². The zero-order chi connectivity index (χ0) is 19.8. The van der Waals surface area contributed by atoms with Gasteiger partial charge in [0, 0.05) is 12.5 Å². The van der Waals surface area contributed by atoms with E-state index in [-0.39, 0.29) is 11.5 Å². The Hall–Kier alpha value is -2.58. The van der Waals surface area contributed by atoms with Crippen LogP contribution in [0.5, 0.6) is 5.75 Å². The van der Waals surface area contributed by atoms with E-state index in [1.165, 1.54) is 28.7 Å². The Kier molecular flexibility index (Phi) is 4.67. The number of aromatic hydroxyl groups is 1. The molecular weight excluding hydrogens is 356 g/mol. The minimum atomic E-state index is -0.223. The predicted octanol–water partition coefficient (Wildman–Crippen LogP) is 6.03. The van der Waals surface area contributed by atoms with Crippen molar-refractivity contribution < 1.29 is 9.84 Å². The Labute approximate surface area is 173 Å². The van der Waals surface area contributed by atoms with Crippen LogP contribution in [0.1, 0.15) is 48.8 Å². The van der Waals surface area contributed by atoms with Crippen molar-refractivity contribution in [3.63, 3.8) is 0 Å². The third-order valence-electron chi connectivity index (χ3n) is 6.93. The van der Waals surface area contributed by atoms with E-state index in [1.54, 1.807) is 0 Å². The lowest BCUT2D eigenvalue weighted by atomic mass is 9.61. The number of benzene rings is 2. The number of phenolic OH excluding ortho intramolecular Hbond substituents is 1. The summed E-state index contributed by atoms with van der Waals surface area (Å²) >= 11 is 0. The van der Waals surface area contributed by atoms with Crippen LogP contribution in [0.25, 0.3) is 0 Å². The summed E-state index contributed by atoms with van der Waals surface area (Å²) in [7, 11) is 0. The fourth-order valence-corrected chi connectivity index (χ4v) is 5.80. The molecule has 0 saturated carbocycles. The number of allylic oxidation sites excluding steroid dienone is 4. The molecule has 3 aliphatic rings. The van der Waals surface area contributed by atoms with Crippen molar-refractivity contribution in [2.75, 3.05) is 6.61 Å². The van der Waals surface area contributed by atoms with Gasteiger partial charge in [0.2, 0.25) is 0 Å². The Balaban J connectivity index is 1.74. The van der Waals surface area contributed by atoms with Crippen LogP contribution in [0.15, 0.2) is 84.5 Å². The van der Waals surface area contributed by atoms with Crippen molar-refractivity contribution in [1.82, 2.24) is 0 Å². The first-order chi connectivity index (χ1) is 14.2. The van der Waals surface area contributed by atoms with E-state index >= 15 is 0 Å². The van der Waals surface area contributed by atoms with Crippen molar-refractivity contribution in [1.29, 1.82) is 0 Å². The van der Waals surface area contributed by atoms with E-state index in [0.717, 1.165) is 19.4 Å². The molecule has 4 unspecified atom stereocenters. The molecule has 2 nitrogen and oxygen atoms in total. The summed E-state index contributed by atoms with van der Waals surface area (Å²) in [5.41, 5.74) is 5.28. The fraction of sp³-hybridized carbons (Fsp3) is 0.333. The second-order valence-corrected chi connectivity index (χ2v) is 8.33. The summed E-state index contributed by atoms with van der Waals surface area (Å²) in [4.78, 5) is 0. The lowest BCUT2D eigenvalue weighted by Gasteiger charge is -2.41. The molecule has 0 aliphatic heterocycles. The van der Waals surface area contributed by atoms with Gasteiger partial charge in [0.05, 0.1) is 11.5 Å². The van der Waals surface area contributed by atoms with E-state index in [9.17, 15) is 5.11 Å². The lowest BCUT2D eigenvalue weighted by molar-refractivity contribution is 0.0971. The number of ether oxygens (including phenoxy) is 1. The monoisotopic (exact) mass is 384 g/mol. The molecule has 29 heavy (non-hydrogen) atoms. The molecule has 1 N–H and O–H groups in total. The van der Waals surface area contributed by atoms with Gasteiger partial charge in [-0.15, -0.1) is 0 Å². The van der Waals surface area contributed by atoms with E-state index in [2.05, 4.69) is 73.7 Å². The molecule has 2 heteroatoms. The third-order valence-corrected chi connectivity index (χ3v) is 6.93. The maximum absolute atomic E-state index is 9.96. The number of phenols is 1. The van der Waals surface area contributed by atoms with Crippen molar-refractivity contribution in [3.05, 3.63) is 101 Å². The highest BCUT2D eigenvalue weighted by molar-refractivity contribution is 5.63. The molecule has 2 aromatic rings. The van der Waals surface area contributed by atoms with Gasteiger partial charge in [0.15, 0.2) is 0 Å². The third kappa shape index (κ3) is 2.81. The van der Waals surface area contributed by atoms with Gasteiger partial charge in [0.25, 0.3) is 0 Å². The maximum atomic E-state index is 9.96. The van der Waals surface area contributed by atoms with Gasteiger partial charge in [-0.3, -0.25) is 0 Å². The number of hydrogen-bond acceptors (Lipinski definition) is 2. The molecule has 0 radical (unpaired) electrons. The van der Waals surface area contributed by atoms with E-state index in [1.807, 2.05) is 12.1 Å². The van der Waals surface area contributed by atoms with Gasteiger partial charge in [0.1, 0.15) is 5.75 Å². The summed E-state index contributed by atoms with van der Waals surface area (Å²) in [6.45, 7) is 2.78. The molecule has 0 heterocycles. The molecule has 0 aromatic heterocycles. The van der Waals surface area contributed by atoms with Gasteiger partial charge in [-0.1, -0.05) is 66.8 Å². The first kappa shape index (κ1) is 18.4. The molecule has 4 atom stereocenters. The minimum Gasteiger partial charge on any atom is -0.508 e. The second kappa shape index (κ2) is 7.35. The van der Waals surface area contributed by atoms with Crippen LogP contribution < -0.4 is 0 Å². The van der Waals surface area contributed by atoms with E-state index < -0.39 is 0 Å². The van der Waals surface area contributed by atoms with Crippen LogP contribution in [-0.2, 0) is 10.2 Å². The zero-order valence-electron chi connectivity index (χ0n) is 16.9. The van der Waals surface area contributed by atoms with Crippen molar-refractivity contribution in [3.8, 4) is 5.75 Å². The molecule has 0 bridgehead atoms.